The first-order valence-electron chi connectivity index (χ1n) is 8.40. The number of H-pyrrole nitrogens is 1. The number of aromatic amines is 1. The van der Waals surface area contributed by atoms with Gasteiger partial charge in [-0.15, -0.1) is 10.2 Å². The highest BCUT2D eigenvalue weighted by Gasteiger charge is 2.39. The Labute approximate surface area is 174 Å². The second kappa shape index (κ2) is 7.99. The Balaban J connectivity index is 2.32. The molecule has 0 saturated heterocycles. The van der Waals surface area contributed by atoms with E-state index in [4.69, 9.17) is 10.9 Å². The molecule has 5 N–H and O–H groups in total. The minimum atomic E-state index is -5.04. The molecule has 3 rings (SSSR count). The van der Waals surface area contributed by atoms with Crippen molar-refractivity contribution in [1.82, 2.24) is 20.6 Å². The standard InChI is InChI=1S/C16H15F3N6O4S2/c17-16(18,19)12-6-5-11(9-1-3-10(4-2-9)30(26,27)8-7-20)13(14(12)31(21,28)29)15-22-24-25-23-15/h1-6H,7-8,20H2,(H2,21,28,29)(H,22,23,24,25). The Kier molecular flexibility index (Phi) is 5.88. The van der Waals surface area contributed by atoms with Crippen molar-refractivity contribution in [3.63, 3.8) is 0 Å². The summed E-state index contributed by atoms with van der Waals surface area (Å²) in [6, 6.07) is 6.67. The van der Waals surface area contributed by atoms with Crippen LogP contribution in [0.15, 0.2) is 46.2 Å². The summed E-state index contributed by atoms with van der Waals surface area (Å²) in [6.45, 7) is -0.0946. The van der Waals surface area contributed by atoms with Crippen LogP contribution in [0.2, 0.25) is 0 Å². The molecule has 1 heterocycles. The van der Waals surface area contributed by atoms with Gasteiger partial charge in [0.25, 0.3) is 0 Å². The average molecular weight is 476 g/mol. The van der Waals surface area contributed by atoms with Crippen LogP contribution in [-0.4, -0.2) is 49.8 Å². The number of hydrogen-bond donors (Lipinski definition) is 3. The summed E-state index contributed by atoms with van der Waals surface area (Å²) >= 11 is 0. The van der Waals surface area contributed by atoms with Gasteiger partial charge >= 0.3 is 6.18 Å². The van der Waals surface area contributed by atoms with E-state index in [-0.39, 0.29) is 28.3 Å². The van der Waals surface area contributed by atoms with Gasteiger partial charge in [0.05, 0.1) is 21.8 Å². The number of sulfone groups is 1. The zero-order chi connectivity index (χ0) is 23.0. The lowest BCUT2D eigenvalue weighted by Gasteiger charge is -2.17. The molecule has 1 aromatic heterocycles. The highest BCUT2D eigenvalue weighted by atomic mass is 32.2. The summed E-state index contributed by atoms with van der Waals surface area (Å²) < 4.78 is 89.2. The maximum absolute atomic E-state index is 13.5. The lowest BCUT2D eigenvalue weighted by molar-refractivity contribution is -0.139. The van der Waals surface area contributed by atoms with Gasteiger partial charge in [0, 0.05) is 6.54 Å². The second-order valence-corrected chi connectivity index (χ2v) is 9.88. The third kappa shape index (κ3) is 4.58. The van der Waals surface area contributed by atoms with Crippen LogP contribution in [0.3, 0.4) is 0 Å². The summed E-state index contributed by atoms with van der Waals surface area (Å²) in [6.07, 6.45) is -5.04. The van der Waals surface area contributed by atoms with Gasteiger partial charge < -0.3 is 5.73 Å². The monoisotopic (exact) mass is 476 g/mol. The molecule has 0 atom stereocenters. The maximum atomic E-state index is 13.5. The van der Waals surface area contributed by atoms with Crippen molar-refractivity contribution < 1.29 is 30.0 Å². The number of halogens is 3. The quantitative estimate of drug-likeness (QED) is 0.471. The van der Waals surface area contributed by atoms with Crippen molar-refractivity contribution in [3.8, 4) is 22.5 Å². The largest absolute Gasteiger partial charge is 0.417 e. The first-order chi connectivity index (χ1) is 14.4. The summed E-state index contributed by atoms with van der Waals surface area (Å²) in [7, 11) is -8.54. The number of hydrogen-bond acceptors (Lipinski definition) is 8. The van der Waals surface area contributed by atoms with Crippen LogP contribution in [0.4, 0.5) is 13.2 Å². The van der Waals surface area contributed by atoms with E-state index in [1.54, 1.807) is 0 Å². The van der Waals surface area contributed by atoms with E-state index in [9.17, 15) is 30.0 Å². The zero-order valence-corrected chi connectivity index (χ0v) is 17.1. The topological polar surface area (TPSA) is 175 Å². The normalized spacial score (nSPS) is 12.8. The van der Waals surface area contributed by atoms with Crippen molar-refractivity contribution in [2.24, 2.45) is 10.9 Å². The number of tetrazole rings is 1. The fourth-order valence-corrected chi connectivity index (χ4v) is 5.02. The molecular weight excluding hydrogens is 461 g/mol. The van der Waals surface area contributed by atoms with Gasteiger partial charge in [-0.25, -0.2) is 22.0 Å². The second-order valence-electron chi connectivity index (χ2n) is 6.27. The minimum absolute atomic E-state index is 0.0267. The Morgan fingerprint density at radius 1 is 1.00 bits per heavy atom. The molecule has 0 spiro atoms. The number of nitrogens with zero attached hydrogens (tertiary/aromatic N) is 3. The van der Waals surface area contributed by atoms with Crippen molar-refractivity contribution in [1.29, 1.82) is 0 Å². The van der Waals surface area contributed by atoms with Gasteiger partial charge in [0.15, 0.2) is 9.84 Å². The maximum Gasteiger partial charge on any atom is 0.417 e. The predicted molar refractivity (Wildman–Crippen MR) is 103 cm³/mol. The molecule has 166 valence electrons. The summed E-state index contributed by atoms with van der Waals surface area (Å²) in [5.41, 5.74) is 3.44. The SMILES string of the molecule is NCCS(=O)(=O)c1ccc(-c2ccc(C(F)(F)F)c(S(N)(=O)=O)c2-c2nn[nH]n2)cc1. The first kappa shape index (κ1) is 22.8. The van der Waals surface area contributed by atoms with Crippen LogP contribution >= 0.6 is 0 Å². The highest BCUT2D eigenvalue weighted by molar-refractivity contribution is 7.91. The van der Waals surface area contributed by atoms with Gasteiger partial charge in [-0.05, 0) is 34.5 Å². The molecule has 10 nitrogen and oxygen atoms in total. The predicted octanol–water partition coefficient (Wildman–Crippen LogP) is 0.932. The van der Waals surface area contributed by atoms with Crippen LogP contribution in [0, 0.1) is 0 Å². The Morgan fingerprint density at radius 2 is 1.65 bits per heavy atom. The fraction of sp³-hybridized carbons (Fsp3) is 0.188. The molecular formula is C16H15F3N6O4S2. The number of alkyl halides is 3. The molecule has 0 unspecified atom stereocenters. The molecule has 31 heavy (non-hydrogen) atoms. The molecule has 0 bridgehead atoms. The van der Waals surface area contributed by atoms with E-state index in [0.717, 1.165) is 6.07 Å². The third-order valence-corrected chi connectivity index (χ3v) is 6.98. The van der Waals surface area contributed by atoms with Gasteiger partial charge in [0.1, 0.15) is 4.90 Å². The molecule has 2 aromatic carbocycles. The van der Waals surface area contributed by atoms with Crippen LogP contribution in [0.1, 0.15) is 5.56 Å². The number of nitrogens with two attached hydrogens (primary N) is 2. The molecule has 0 radical (unpaired) electrons. The first-order valence-corrected chi connectivity index (χ1v) is 11.6. The molecule has 3 aromatic rings. The number of rotatable bonds is 6. The molecule has 0 saturated carbocycles. The lowest BCUT2D eigenvalue weighted by atomic mass is 9.96. The average Bonchev–Trinajstić information content (AvgIpc) is 3.20. The number of aromatic nitrogens is 4. The van der Waals surface area contributed by atoms with Crippen molar-refractivity contribution in [3.05, 3.63) is 42.0 Å². The molecule has 0 aliphatic carbocycles. The van der Waals surface area contributed by atoms with E-state index in [1.807, 2.05) is 0 Å². The Bertz CT molecular complexity index is 1310. The summed E-state index contributed by atoms with van der Waals surface area (Å²) in [4.78, 5) is -1.28. The van der Waals surface area contributed by atoms with Crippen LogP contribution in [0.25, 0.3) is 22.5 Å². The summed E-state index contributed by atoms with van der Waals surface area (Å²) in [5.74, 6) is -0.735. The van der Waals surface area contributed by atoms with Crippen LogP contribution < -0.4 is 10.9 Å². The molecule has 0 amide bonds. The highest BCUT2D eigenvalue weighted by Crippen LogP contribution is 2.42. The Hall–Kier alpha value is -2.88. The lowest BCUT2D eigenvalue weighted by Crippen LogP contribution is -2.21. The fourth-order valence-electron chi connectivity index (χ4n) is 2.95. The number of nitrogens with one attached hydrogen (secondary N) is 1. The number of primary sulfonamides is 1. The smallest absolute Gasteiger partial charge is 0.329 e. The minimum Gasteiger partial charge on any atom is -0.329 e. The van der Waals surface area contributed by atoms with E-state index in [1.165, 1.54) is 24.3 Å². The number of benzene rings is 2. The third-order valence-electron chi connectivity index (χ3n) is 4.23. The van der Waals surface area contributed by atoms with Gasteiger partial charge in [-0.3, -0.25) is 0 Å². The van der Waals surface area contributed by atoms with Gasteiger partial charge in [-0.1, -0.05) is 18.2 Å². The van der Waals surface area contributed by atoms with Gasteiger partial charge in [-0.2, -0.15) is 18.4 Å². The molecule has 0 aliphatic heterocycles. The zero-order valence-electron chi connectivity index (χ0n) is 15.5. The van der Waals surface area contributed by atoms with Crippen LogP contribution in [0.5, 0.6) is 0 Å². The Morgan fingerprint density at radius 3 is 2.13 bits per heavy atom. The van der Waals surface area contributed by atoms with Crippen LogP contribution in [-0.2, 0) is 26.0 Å². The van der Waals surface area contributed by atoms with Crippen molar-refractivity contribution in [2.75, 3.05) is 12.3 Å². The number of sulfonamides is 1. The van der Waals surface area contributed by atoms with E-state index < -0.39 is 47.9 Å². The van der Waals surface area contributed by atoms with Gasteiger partial charge in [0.2, 0.25) is 15.8 Å². The molecule has 0 fully saturated rings. The van der Waals surface area contributed by atoms with Crippen molar-refractivity contribution in [2.45, 2.75) is 16.0 Å². The van der Waals surface area contributed by atoms with E-state index in [2.05, 4.69) is 20.6 Å². The van der Waals surface area contributed by atoms with Crippen molar-refractivity contribution >= 4 is 19.9 Å². The molecule has 15 heteroatoms. The van der Waals surface area contributed by atoms with E-state index >= 15 is 0 Å². The van der Waals surface area contributed by atoms with E-state index in [0.29, 0.717) is 6.07 Å². The summed E-state index contributed by atoms with van der Waals surface area (Å²) in [5, 5.41) is 17.7. The molecule has 0 aliphatic rings.